The lowest BCUT2D eigenvalue weighted by atomic mass is 9.33. The predicted molar refractivity (Wildman–Crippen MR) is 353 cm³/mol. The number of benzene rings is 8. The molecule has 83 heavy (non-hydrogen) atoms. The van der Waals surface area contributed by atoms with Crippen molar-refractivity contribution >= 4 is 85.5 Å². The summed E-state index contributed by atoms with van der Waals surface area (Å²) in [5, 5.41) is 1.25. The Morgan fingerprint density at radius 2 is 0.940 bits per heavy atom. The van der Waals surface area contributed by atoms with Gasteiger partial charge in [0.05, 0.1) is 11.4 Å². The predicted octanol–water partition coefficient (Wildman–Crippen LogP) is 19.8. The van der Waals surface area contributed by atoms with Crippen LogP contribution in [-0.2, 0) is 37.9 Å². The monoisotopic (exact) mass is 1090 g/mol. The van der Waals surface area contributed by atoms with Crippen molar-refractivity contribution in [3.8, 4) is 11.1 Å². The Balaban J connectivity index is 1.13. The molecule has 16 rings (SSSR count). The van der Waals surface area contributed by atoms with Gasteiger partial charge < -0.3 is 14.2 Å². The molecule has 5 aliphatic carbocycles. The molecule has 0 atom stereocenters. The first-order valence-corrected chi connectivity index (χ1v) is 31.3. The van der Waals surface area contributed by atoms with Gasteiger partial charge in [-0.2, -0.15) is 0 Å². The molecule has 0 unspecified atom stereocenters. The summed E-state index contributed by atoms with van der Waals surface area (Å²) in [6.45, 7) is 31.8. The standard InChI is InChI=1S/C78H82BN3O/c1-72(2,3)50-29-32-64-63(41-50)79-69-56-46-61-62(78(13)39-37-77(61,12)38-40-78)48-68(56)83-71(69)81(53-30-31-57-58(42-53)74(6,7)34-33-73(57,4)5)66-43-54(80(51-25-19-15-20-26-51)52-27-21-16-22-28-52)44-67(70(66)79)82(64)65-47-60-59(75(8,9)35-36-76(60,10)11)45-55(65)49-23-17-14-18-24-49/h14-32,41-48H,33-40H2,1-13H3. The van der Waals surface area contributed by atoms with Crippen molar-refractivity contribution < 1.29 is 4.42 Å². The summed E-state index contributed by atoms with van der Waals surface area (Å²) in [5.41, 5.74) is 27.0. The normalized spacial score (nSPS) is 21.8. The van der Waals surface area contributed by atoms with Crippen molar-refractivity contribution in [3.63, 3.8) is 0 Å². The van der Waals surface area contributed by atoms with Gasteiger partial charge in [-0.1, -0.05) is 175 Å². The maximum atomic E-state index is 7.87. The highest BCUT2D eigenvalue weighted by atomic mass is 16.4. The fourth-order valence-electron chi connectivity index (χ4n) is 16.5. The molecule has 0 saturated heterocycles. The highest BCUT2D eigenvalue weighted by Gasteiger charge is 2.52. The second-order valence-electron chi connectivity index (χ2n) is 30.4. The van der Waals surface area contributed by atoms with Crippen LogP contribution in [0.4, 0.5) is 51.4 Å². The zero-order valence-corrected chi connectivity index (χ0v) is 51.6. The summed E-state index contributed by atoms with van der Waals surface area (Å²) in [5.74, 6) is 0.938. The Hall–Kier alpha value is -7.24. The number of hydrogen-bond donors (Lipinski definition) is 0. The molecule has 0 amide bonds. The molecule has 1 aromatic heterocycles. The molecule has 2 bridgehead atoms. The Morgan fingerprint density at radius 3 is 1.52 bits per heavy atom. The Bertz CT molecular complexity index is 4090. The van der Waals surface area contributed by atoms with Crippen molar-refractivity contribution in [1.29, 1.82) is 0 Å². The van der Waals surface area contributed by atoms with E-state index in [0.717, 1.165) is 65.6 Å². The average molecular weight is 1090 g/mol. The average Bonchev–Trinajstić information content (AvgIpc) is 1.75. The molecule has 418 valence electrons. The van der Waals surface area contributed by atoms with E-state index in [-0.39, 0.29) is 44.6 Å². The molecule has 4 nitrogen and oxygen atoms in total. The number of furan rings is 1. The maximum Gasteiger partial charge on any atom is 0.257 e. The fourth-order valence-corrected chi connectivity index (χ4v) is 16.5. The fraction of sp³-hybridized carbons (Fsp3) is 0.359. The topological polar surface area (TPSA) is 22.9 Å². The number of para-hydroxylation sites is 2. The van der Waals surface area contributed by atoms with Gasteiger partial charge in [-0.05, 0) is 224 Å². The van der Waals surface area contributed by atoms with E-state index in [2.05, 4.69) is 269 Å². The van der Waals surface area contributed by atoms with Crippen molar-refractivity contribution in [1.82, 2.24) is 0 Å². The van der Waals surface area contributed by atoms with Crippen molar-refractivity contribution in [2.24, 2.45) is 0 Å². The molecule has 1 saturated carbocycles. The lowest BCUT2D eigenvalue weighted by molar-refractivity contribution is 0.188. The third kappa shape index (κ3) is 7.84. The van der Waals surface area contributed by atoms with Gasteiger partial charge >= 0.3 is 0 Å². The minimum Gasteiger partial charge on any atom is -0.440 e. The highest BCUT2D eigenvalue weighted by Crippen LogP contribution is 2.59. The Kier molecular flexibility index (Phi) is 11.2. The minimum absolute atomic E-state index is 0.00938. The van der Waals surface area contributed by atoms with Crippen LogP contribution in [0.5, 0.6) is 0 Å². The molecular formula is C78H82BN3O. The summed E-state index contributed by atoms with van der Waals surface area (Å²) in [6.07, 6.45) is 9.44. The number of hydrogen-bond acceptors (Lipinski definition) is 4. The van der Waals surface area contributed by atoms with E-state index in [0.29, 0.717) is 0 Å². The zero-order chi connectivity index (χ0) is 57.5. The van der Waals surface area contributed by atoms with Gasteiger partial charge in [-0.15, -0.1) is 0 Å². The molecular weight excluding hydrogens is 1010 g/mol. The second-order valence-corrected chi connectivity index (χ2v) is 30.4. The second kappa shape index (κ2) is 17.7. The zero-order valence-electron chi connectivity index (χ0n) is 51.6. The Morgan fingerprint density at radius 1 is 0.422 bits per heavy atom. The van der Waals surface area contributed by atoms with E-state index in [4.69, 9.17) is 4.42 Å². The molecule has 0 radical (unpaired) electrons. The summed E-state index contributed by atoms with van der Waals surface area (Å²) in [7, 11) is 0. The van der Waals surface area contributed by atoms with Crippen molar-refractivity contribution in [3.05, 3.63) is 203 Å². The molecule has 2 aliphatic heterocycles. The number of anilines is 9. The molecule has 1 fully saturated rings. The summed E-state index contributed by atoms with van der Waals surface area (Å²) >= 11 is 0. The lowest BCUT2D eigenvalue weighted by Crippen LogP contribution is -2.61. The summed E-state index contributed by atoms with van der Waals surface area (Å²) in [4.78, 5) is 7.79. The van der Waals surface area contributed by atoms with E-state index in [1.807, 2.05) is 0 Å². The van der Waals surface area contributed by atoms with Gasteiger partial charge in [0.15, 0.2) is 0 Å². The molecule has 0 N–H and O–H groups in total. The van der Waals surface area contributed by atoms with Gasteiger partial charge in [-0.25, -0.2) is 0 Å². The smallest absolute Gasteiger partial charge is 0.257 e. The Labute approximate surface area is 495 Å². The van der Waals surface area contributed by atoms with Crippen LogP contribution in [0, 0.1) is 0 Å². The molecule has 8 aromatic carbocycles. The van der Waals surface area contributed by atoms with Crippen LogP contribution < -0.4 is 31.1 Å². The number of fused-ring (bicyclic) bond motifs is 10. The van der Waals surface area contributed by atoms with Crippen molar-refractivity contribution in [2.75, 3.05) is 14.7 Å². The van der Waals surface area contributed by atoms with Crippen LogP contribution in [0.25, 0.3) is 22.1 Å². The first-order chi connectivity index (χ1) is 39.4. The highest BCUT2D eigenvalue weighted by molar-refractivity contribution is 7.01. The van der Waals surface area contributed by atoms with Crippen LogP contribution in [0.1, 0.15) is 180 Å². The molecule has 9 aromatic rings. The SMILES string of the molecule is CC(C)(C)c1ccc2c(c1)B1c3c(cc(N(c4ccccc4)c4ccccc4)cc3N(c3ccc4c(c3)C(C)(C)CCC4(C)C)c3oc4cc5c(cc4c31)C1(C)CCC5(C)CC1)N2c1cc2c(cc1-c1ccccc1)C(C)(C)CCC2(C)C. The number of rotatable bonds is 6. The van der Waals surface area contributed by atoms with Gasteiger partial charge in [-0.3, -0.25) is 4.90 Å². The molecule has 7 aliphatic rings. The third-order valence-corrected chi connectivity index (χ3v) is 22.1. The minimum atomic E-state index is -0.152. The van der Waals surface area contributed by atoms with E-state index >= 15 is 0 Å². The van der Waals surface area contributed by atoms with Crippen LogP contribution in [0.3, 0.4) is 0 Å². The van der Waals surface area contributed by atoms with E-state index in [1.165, 1.54) is 115 Å². The molecule has 5 heteroatoms. The van der Waals surface area contributed by atoms with Crippen LogP contribution in [0.15, 0.2) is 168 Å². The summed E-state index contributed by atoms with van der Waals surface area (Å²) < 4.78 is 7.87. The van der Waals surface area contributed by atoms with E-state index < -0.39 is 0 Å². The number of nitrogens with zero attached hydrogens (tertiary/aromatic N) is 3. The van der Waals surface area contributed by atoms with Crippen LogP contribution in [-0.4, -0.2) is 6.71 Å². The molecule has 0 spiro atoms. The van der Waals surface area contributed by atoms with Gasteiger partial charge in [0.25, 0.3) is 6.71 Å². The van der Waals surface area contributed by atoms with E-state index in [1.54, 1.807) is 0 Å². The third-order valence-electron chi connectivity index (χ3n) is 22.1. The summed E-state index contributed by atoms with van der Waals surface area (Å²) in [6, 6.07) is 63.8. The quantitative estimate of drug-likeness (QED) is 0.155. The van der Waals surface area contributed by atoms with Crippen molar-refractivity contribution in [2.45, 2.75) is 179 Å². The van der Waals surface area contributed by atoms with Gasteiger partial charge in [0, 0.05) is 50.5 Å². The van der Waals surface area contributed by atoms with E-state index in [9.17, 15) is 0 Å². The van der Waals surface area contributed by atoms with Crippen LogP contribution in [0.2, 0.25) is 0 Å². The largest absolute Gasteiger partial charge is 0.440 e. The first kappa shape index (κ1) is 52.6. The maximum absolute atomic E-state index is 7.87. The van der Waals surface area contributed by atoms with Gasteiger partial charge in [0.1, 0.15) is 5.58 Å². The van der Waals surface area contributed by atoms with Gasteiger partial charge in [0.2, 0.25) is 5.88 Å². The lowest BCUT2D eigenvalue weighted by Gasteiger charge is -2.52. The molecule has 3 heterocycles. The first-order valence-electron chi connectivity index (χ1n) is 31.3. The van der Waals surface area contributed by atoms with Crippen LogP contribution >= 0.6 is 0 Å².